The first-order valence-corrected chi connectivity index (χ1v) is 9.20. The second-order valence-corrected chi connectivity index (χ2v) is 7.04. The minimum atomic E-state index is -0.229. The molecule has 0 aliphatic heterocycles. The highest BCUT2D eigenvalue weighted by Crippen LogP contribution is 2.10. The lowest BCUT2D eigenvalue weighted by Crippen LogP contribution is -2.18. The van der Waals surface area contributed by atoms with Crippen molar-refractivity contribution in [2.75, 3.05) is 0 Å². The highest BCUT2D eigenvalue weighted by molar-refractivity contribution is 5.79. The quantitative estimate of drug-likeness (QED) is 0.504. The van der Waals surface area contributed by atoms with Gasteiger partial charge in [0.2, 0.25) is 0 Å². The van der Waals surface area contributed by atoms with Gasteiger partial charge >= 0.3 is 0 Å². The summed E-state index contributed by atoms with van der Waals surface area (Å²) in [5, 5.41) is 8.43. The maximum atomic E-state index is 13.0. The first-order valence-electron chi connectivity index (χ1n) is 9.20. The Morgan fingerprint density at radius 2 is 1.72 bits per heavy atom. The molecule has 2 aromatic carbocycles. The van der Waals surface area contributed by atoms with Crippen molar-refractivity contribution in [2.24, 2.45) is 0 Å². The molecule has 0 spiro atoms. The smallest absolute Gasteiger partial charge is 0.282 e. The number of hydrogen-bond acceptors (Lipinski definition) is 4. The number of rotatable bonds is 2. The predicted molar refractivity (Wildman–Crippen MR) is 111 cm³/mol. The molecule has 0 bridgehead atoms. The number of benzene rings is 2. The van der Waals surface area contributed by atoms with Gasteiger partial charge in [0.1, 0.15) is 0 Å². The van der Waals surface area contributed by atoms with Crippen molar-refractivity contribution in [3.8, 4) is 5.69 Å². The van der Waals surface area contributed by atoms with Crippen LogP contribution in [0.2, 0.25) is 0 Å². The molecule has 0 aliphatic carbocycles. The normalized spacial score (nSPS) is 12.3. The number of aryl methyl sites for hydroxylation is 2. The molecule has 0 radical (unpaired) electrons. The summed E-state index contributed by atoms with van der Waals surface area (Å²) in [6, 6.07) is 14.8. The Morgan fingerprint density at radius 1 is 0.966 bits per heavy atom. The van der Waals surface area contributed by atoms with E-state index in [9.17, 15) is 9.59 Å². The molecule has 0 saturated carbocycles. The number of aromatic nitrogens is 5. The van der Waals surface area contributed by atoms with Crippen molar-refractivity contribution in [1.82, 2.24) is 24.4 Å². The van der Waals surface area contributed by atoms with Crippen molar-refractivity contribution in [1.29, 1.82) is 0 Å². The largest absolute Gasteiger partial charge is 0.295 e. The van der Waals surface area contributed by atoms with Gasteiger partial charge in [0.15, 0.2) is 5.65 Å². The standard InChI is InChI=1S/C22H17N5O2/c1-13-7-9-16(10-8-13)26-22(29)18(14(2)25-26)11-15-12-23-27-20(15)24-19-6-4-3-5-17(19)21(27)28/h3-12,25H,1-2H3/b15-11+. The monoisotopic (exact) mass is 383 g/mol. The Balaban J connectivity index is 1.74. The zero-order chi connectivity index (χ0) is 20.1. The highest BCUT2D eigenvalue weighted by Gasteiger charge is 2.12. The molecule has 5 rings (SSSR count). The van der Waals surface area contributed by atoms with Gasteiger partial charge in [-0.3, -0.25) is 14.7 Å². The van der Waals surface area contributed by atoms with E-state index in [-0.39, 0.29) is 11.1 Å². The molecule has 0 fully saturated rings. The Bertz CT molecular complexity index is 1560. The first kappa shape index (κ1) is 17.1. The zero-order valence-corrected chi connectivity index (χ0v) is 15.9. The molecule has 0 saturated heterocycles. The minimum absolute atomic E-state index is 0.172. The molecular formula is C22H17N5O2. The van der Waals surface area contributed by atoms with Crippen molar-refractivity contribution in [3.05, 3.63) is 97.5 Å². The molecule has 5 aromatic rings. The fourth-order valence-corrected chi connectivity index (χ4v) is 3.46. The van der Waals surface area contributed by atoms with E-state index in [2.05, 4.69) is 15.2 Å². The van der Waals surface area contributed by atoms with E-state index in [0.29, 0.717) is 27.3 Å². The van der Waals surface area contributed by atoms with Crippen molar-refractivity contribution < 1.29 is 0 Å². The van der Waals surface area contributed by atoms with E-state index >= 15 is 0 Å². The second-order valence-electron chi connectivity index (χ2n) is 7.04. The average Bonchev–Trinajstić information content (AvgIpc) is 3.25. The van der Waals surface area contributed by atoms with E-state index in [1.54, 1.807) is 30.5 Å². The molecule has 0 unspecified atom stereocenters. The Labute approximate surface area is 164 Å². The van der Waals surface area contributed by atoms with Gasteiger partial charge in [-0.1, -0.05) is 29.8 Å². The van der Waals surface area contributed by atoms with Crippen molar-refractivity contribution in [3.63, 3.8) is 0 Å². The van der Waals surface area contributed by atoms with E-state index in [1.807, 2.05) is 44.2 Å². The first-order chi connectivity index (χ1) is 14.0. The van der Waals surface area contributed by atoms with Gasteiger partial charge in [0.05, 0.1) is 28.4 Å². The van der Waals surface area contributed by atoms with Gasteiger partial charge in [-0.05, 0) is 44.2 Å². The molecule has 3 heterocycles. The summed E-state index contributed by atoms with van der Waals surface area (Å²) in [6.07, 6.45) is 3.28. The van der Waals surface area contributed by atoms with Crippen LogP contribution in [0.5, 0.6) is 0 Å². The number of aromatic amines is 1. The van der Waals surface area contributed by atoms with Crippen LogP contribution in [0.1, 0.15) is 16.8 Å². The lowest BCUT2D eigenvalue weighted by Gasteiger charge is -2.01. The van der Waals surface area contributed by atoms with Crippen LogP contribution in [0.3, 0.4) is 0 Å². The van der Waals surface area contributed by atoms with Gasteiger partial charge < -0.3 is 0 Å². The highest BCUT2D eigenvalue weighted by atomic mass is 16.1. The molecule has 29 heavy (non-hydrogen) atoms. The number of fused-ring (bicyclic) bond motifs is 2. The molecule has 142 valence electrons. The van der Waals surface area contributed by atoms with Crippen LogP contribution in [-0.4, -0.2) is 24.4 Å². The molecule has 0 atom stereocenters. The summed E-state index contributed by atoms with van der Waals surface area (Å²) in [5.41, 5.74) is 3.73. The molecular weight excluding hydrogens is 366 g/mol. The van der Waals surface area contributed by atoms with Gasteiger partial charge in [-0.25, -0.2) is 9.67 Å². The van der Waals surface area contributed by atoms with Crippen molar-refractivity contribution in [2.45, 2.75) is 13.8 Å². The lowest BCUT2D eigenvalue weighted by atomic mass is 10.2. The molecule has 7 heteroatoms. The van der Waals surface area contributed by atoms with E-state index in [0.717, 1.165) is 16.9 Å². The Morgan fingerprint density at radius 3 is 2.52 bits per heavy atom. The summed E-state index contributed by atoms with van der Waals surface area (Å²) in [6.45, 7) is 3.84. The van der Waals surface area contributed by atoms with Crippen LogP contribution in [0.25, 0.3) is 28.3 Å². The van der Waals surface area contributed by atoms with Crippen LogP contribution < -0.4 is 16.3 Å². The number of H-pyrrole nitrogens is 1. The Kier molecular flexibility index (Phi) is 3.70. The lowest BCUT2D eigenvalue weighted by molar-refractivity contribution is 0.835. The van der Waals surface area contributed by atoms with Gasteiger partial charge in [-0.15, -0.1) is 0 Å². The van der Waals surface area contributed by atoms with Gasteiger partial charge in [0.25, 0.3) is 11.1 Å². The summed E-state index contributed by atoms with van der Waals surface area (Å²) in [4.78, 5) is 30.3. The van der Waals surface area contributed by atoms with Gasteiger partial charge in [0, 0.05) is 10.9 Å². The number of nitrogens with one attached hydrogen (secondary N) is 1. The van der Waals surface area contributed by atoms with Crippen LogP contribution >= 0.6 is 0 Å². The van der Waals surface area contributed by atoms with Crippen molar-refractivity contribution >= 4 is 22.6 Å². The third-order valence-corrected chi connectivity index (χ3v) is 5.03. The molecule has 3 aromatic heterocycles. The predicted octanol–water partition coefficient (Wildman–Crippen LogP) is 1.89. The topological polar surface area (TPSA) is 85.0 Å². The summed E-state index contributed by atoms with van der Waals surface area (Å²) in [7, 11) is 0. The minimum Gasteiger partial charge on any atom is -0.295 e. The fraction of sp³-hybridized carbons (Fsp3) is 0.0909. The summed E-state index contributed by atoms with van der Waals surface area (Å²) in [5.74, 6) is 0. The summed E-state index contributed by atoms with van der Waals surface area (Å²) < 4.78 is 2.78. The maximum Gasteiger partial charge on any atom is 0.282 e. The molecule has 1 N–H and O–H groups in total. The molecule has 0 amide bonds. The van der Waals surface area contributed by atoms with E-state index < -0.39 is 0 Å². The SMILES string of the molecule is Cc1ccc(-n2[nH]c(C)c(/C=c3\cnn4c(=O)c5ccccc5nc34)c2=O)cc1. The Hall–Kier alpha value is -4.00. The summed E-state index contributed by atoms with van der Waals surface area (Å²) >= 11 is 0. The van der Waals surface area contributed by atoms with Crippen LogP contribution in [0.15, 0.2) is 64.3 Å². The maximum absolute atomic E-state index is 13.0. The number of para-hydroxylation sites is 1. The molecule has 0 aliphatic rings. The van der Waals surface area contributed by atoms with Crippen LogP contribution in [-0.2, 0) is 0 Å². The average molecular weight is 383 g/mol. The number of nitrogens with zero attached hydrogens (tertiary/aromatic N) is 4. The third kappa shape index (κ3) is 2.67. The van der Waals surface area contributed by atoms with Crippen LogP contribution in [0.4, 0.5) is 0 Å². The third-order valence-electron chi connectivity index (χ3n) is 5.03. The number of hydrogen-bond donors (Lipinski definition) is 1. The molecule has 7 nitrogen and oxygen atoms in total. The van der Waals surface area contributed by atoms with E-state index in [1.165, 1.54) is 9.20 Å². The van der Waals surface area contributed by atoms with Crippen LogP contribution in [0, 0.1) is 13.8 Å². The zero-order valence-electron chi connectivity index (χ0n) is 15.9. The fourth-order valence-electron chi connectivity index (χ4n) is 3.46. The second kappa shape index (κ2) is 6.27. The van der Waals surface area contributed by atoms with Gasteiger partial charge in [-0.2, -0.15) is 9.61 Å². The van der Waals surface area contributed by atoms with E-state index in [4.69, 9.17) is 0 Å².